The standard InChI is InChI=1S/C19H26N4O2S/c1-23(16(12-13-24)14-8-4-2-5-9-14)19(25)20-18-22-21-17(26-18)15-10-6-3-7-11-15/h2,4-5,8-9,15-16,24H,3,6-7,10-13H2,1H3,(H,20,22,25)/t16-/m1/s1. The van der Waals surface area contributed by atoms with E-state index in [1.807, 2.05) is 30.3 Å². The van der Waals surface area contributed by atoms with E-state index >= 15 is 0 Å². The fourth-order valence-corrected chi connectivity index (χ4v) is 4.40. The van der Waals surface area contributed by atoms with Crippen molar-refractivity contribution in [3.05, 3.63) is 40.9 Å². The number of hydrogen-bond acceptors (Lipinski definition) is 5. The van der Waals surface area contributed by atoms with Gasteiger partial charge in [-0.1, -0.05) is 60.9 Å². The number of aromatic nitrogens is 2. The summed E-state index contributed by atoms with van der Waals surface area (Å²) in [5.74, 6) is 0.482. The Morgan fingerprint density at radius 3 is 2.69 bits per heavy atom. The Hall–Kier alpha value is -1.99. The Labute approximate surface area is 158 Å². The molecule has 2 N–H and O–H groups in total. The van der Waals surface area contributed by atoms with Crippen molar-refractivity contribution in [3.8, 4) is 0 Å². The Bertz CT molecular complexity index is 701. The fraction of sp³-hybridized carbons (Fsp3) is 0.526. The topological polar surface area (TPSA) is 78.4 Å². The van der Waals surface area contributed by atoms with Crippen molar-refractivity contribution in [1.82, 2.24) is 15.1 Å². The summed E-state index contributed by atoms with van der Waals surface area (Å²) in [5, 5.41) is 22.3. The first-order valence-corrected chi connectivity index (χ1v) is 10.0. The average molecular weight is 375 g/mol. The molecular weight excluding hydrogens is 348 g/mol. The Morgan fingerprint density at radius 1 is 1.27 bits per heavy atom. The number of amides is 2. The Balaban J connectivity index is 1.65. The van der Waals surface area contributed by atoms with Gasteiger partial charge in [0.2, 0.25) is 5.13 Å². The van der Waals surface area contributed by atoms with Crippen LogP contribution in [0.2, 0.25) is 0 Å². The molecule has 0 unspecified atom stereocenters. The van der Waals surface area contributed by atoms with E-state index in [1.54, 1.807) is 11.9 Å². The van der Waals surface area contributed by atoms with E-state index < -0.39 is 0 Å². The number of benzene rings is 1. The lowest BCUT2D eigenvalue weighted by molar-refractivity contribution is 0.184. The van der Waals surface area contributed by atoms with Gasteiger partial charge in [0, 0.05) is 19.6 Å². The van der Waals surface area contributed by atoms with Crippen LogP contribution in [0.4, 0.5) is 9.93 Å². The average Bonchev–Trinajstić information content (AvgIpc) is 3.15. The van der Waals surface area contributed by atoms with Crippen LogP contribution < -0.4 is 5.32 Å². The smallest absolute Gasteiger partial charge is 0.323 e. The summed E-state index contributed by atoms with van der Waals surface area (Å²) in [5.41, 5.74) is 0.999. The van der Waals surface area contributed by atoms with Gasteiger partial charge in [0.25, 0.3) is 0 Å². The molecule has 140 valence electrons. The Morgan fingerprint density at radius 2 is 2.00 bits per heavy atom. The number of nitrogens with zero attached hydrogens (tertiary/aromatic N) is 3. The van der Waals surface area contributed by atoms with Crippen LogP contribution >= 0.6 is 11.3 Å². The zero-order valence-corrected chi connectivity index (χ0v) is 15.9. The normalized spacial score (nSPS) is 16.2. The number of urea groups is 1. The third kappa shape index (κ3) is 4.59. The van der Waals surface area contributed by atoms with Crippen molar-refractivity contribution < 1.29 is 9.90 Å². The van der Waals surface area contributed by atoms with E-state index in [0.29, 0.717) is 17.5 Å². The number of rotatable bonds is 6. The lowest BCUT2D eigenvalue weighted by atomic mass is 9.90. The van der Waals surface area contributed by atoms with Gasteiger partial charge in [0.05, 0.1) is 6.04 Å². The highest BCUT2D eigenvalue weighted by molar-refractivity contribution is 7.15. The number of aliphatic hydroxyl groups is 1. The van der Waals surface area contributed by atoms with Crippen molar-refractivity contribution in [2.24, 2.45) is 0 Å². The van der Waals surface area contributed by atoms with E-state index in [2.05, 4.69) is 15.5 Å². The molecule has 0 radical (unpaired) electrons. The molecule has 3 rings (SSSR count). The molecule has 26 heavy (non-hydrogen) atoms. The zero-order valence-electron chi connectivity index (χ0n) is 15.1. The summed E-state index contributed by atoms with van der Waals surface area (Å²) in [4.78, 5) is 14.3. The maximum Gasteiger partial charge on any atom is 0.323 e. The molecule has 0 bridgehead atoms. The first kappa shape index (κ1) is 18.8. The number of aliphatic hydroxyl groups excluding tert-OH is 1. The van der Waals surface area contributed by atoms with Gasteiger partial charge in [-0.05, 0) is 24.8 Å². The van der Waals surface area contributed by atoms with Gasteiger partial charge in [-0.2, -0.15) is 0 Å². The van der Waals surface area contributed by atoms with Crippen LogP contribution in [0.15, 0.2) is 30.3 Å². The highest BCUT2D eigenvalue weighted by atomic mass is 32.1. The molecule has 6 nitrogen and oxygen atoms in total. The third-order valence-electron chi connectivity index (χ3n) is 4.98. The van der Waals surface area contributed by atoms with Gasteiger partial charge >= 0.3 is 6.03 Å². The van der Waals surface area contributed by atoms with Gasteiger partial charge in [-0.25, -0.2) is 4.79 Å². The predicted molar refractivity (Wildman–Crippen MR) is 103 cm³/mol. The van der Waals surface area contributed by atoms with Crippen LogP contribution in [0.3, 0.4) is 0 Å². The number of anilines is 1. The van der Waals surface area contributed by atoms with Crippen LogP contribution in [0.25, 0.3) is 0 Å². The zero-order chi connectivity index (χ0) is 18.4. The molecule has 1 aromatic heterocycles. The largest absolute Gasteiger partial charge is 0.396 e. The van der Waals surface area contributed by atoms with Crippen molar-refractivity contribution in [3.63, 3.8) is 0 Å². The van der Waals surface area contributed by atoms with Gasteiger partial charge in [0.1, 0.15) is 5.01 Å². The summed E-state index contributed by atoms with van der Waals surface area (Å²) < 4.78 is 0. The summed E-state index contributed by atoms with van der Waals surface area (Å²) in [7, 11) is 1.74. The van der Waals surface area contributed by atoms with Crippen molar-refractivity contribution >= 4 is 22.5 Å². The number of hydrogen-bond donors (Lipinski definition) is 2. The molecular formula is C19H26N4O2S. The summed E-state index contributed by atoms with van der Waals surface area (Å²) in [6.45, 7) is 0.0157. The second-order valence-electron chi connectivity index (χ2n) is 6.76. The first-order chi connectivity index (χ1) is 12.7. The molecule has 2 amide bonds. The highest BCUT2D eigenvalue weighted by Crippen LogP contribution is 2.35. The molecule has 0 spiro atoms. The van der Waals surface area contributed by atoms with Crippen molar-refractivity contribution in [2.45, 2.75) is 50.5 Å². The maximum absolute atomic E-state index is 12.7. The van der Waals surface area contributed by atoms with E-state index in [-0.39, 0.29) is 18.7 Å². The molecule has 1 aliphatic rings. The van der Waals surface area contributed by atoms with E-state index in [9.17, 15) is 9.90 Å². The third-order valence-corrected chi connectivity index (χ3v) is 5.98. The van der Waals surface area contributed by atoms with Gasteiger partial charge < -0.3 is 10.0 Å². The highest BCUT2D eigenvalue weighted by Gasteiger charge is 2.24. The summed E-state index contributed by atoms with van der Waals surface area (Å²) in [6, 6.07) is 9.32. The predicted octanol–water partition coefficient (Wildman–Crippen LogP) is 4.17. The minimum Gasteiger partial charge on any atom is -0.396 e. The second kappa shape index (κ2) is 9.09. The summed E-state index contributed by atoms with van der Waals surface area (Å²) >= 11 is 1.48. The maximum atomic E-state index is 12.7. The van der Waals surface area contributed by atoms with Crippen LogP contribution in [-0.4, -0.2) is 39.9 Å². The number of carbonyl (C=O) groups is 1. The molecule has 0 saturated heterocycles. The van der Waals surface area contributed by atoms with Crippen molar-refractivity contribution in [2.75, 3.05) is 19.0 Å². The van der Waals surface area contributed by atoms with Gasteiger partial charge in [-0.15, -0.1) is 10.2 Å². The van der Waals surface area contributed by atoms with Crippen LogP contribution in [0.5, 0.6) is 0 Å². The molecule has 2 aromatic rings. The molecule has 1 fully saturated rings. The molecule has 1 saturated carbocycles. The van der Waals surface area contributed by atoms with Crippen LogP contribution in [0.1, 0.15) is 61.1 Å². The lowest BCUT2D eigenvalue weighted by Gasteiger charge is -2.28. The fourth-order valence-electron chi connectivity index (χ4n) is 3.50. The SMILES string of the molecule is CN(C(=O)Nc1nnc(C2CCCCC2)s1)[C@H](CCO)c1ccccc1. The van der Waals surface area contributed by atoms with Gasteiger partial charge in [0.15, 0.2) is 0 Å². The van der Waals surface area contributed by atoms with E-state index in [4.69, 9.17) is 0 Å². The quantitative estimate of drug-likeness (QED) is 0.795. The monoisotopic (exact) mass is 374 g/mol. The minimum absolute atomic E-state index is 0.0157. The van der Waals surface area contributed by atoms with Crippen molar-refractivity contribution in [1.29, 1.82) is 0 Å². The molecule has 1 atom stereocenters. The van der Waals surface area contributed by atoms with Crippen LogP contribution in [-0.2, 0) is 0 Å². The molecule has 1 aromatic carbocycles. The molecule has 1 aliphatic carbocycles. The molecule has 1 heterocycles. The summed E-state index contributed by atoms with van der Waals surface area (Å²) in [6.07, 6.45) is 6.60. The van der Waals surface area contributed by atoms with E-state index in [0.717, 1.165) is 23.4 Å². The minimum atomic E-state index is -0.237. The Kier molecular flexibility index (Phi) is 6.57. The van der Waals surface area contributed by atoms with Gasteiger partial charge in [-0.3, -0.25) is 5.32 Å². The van der Waals surface area contributed by atoms with E-state index in [1.165, 1.54) is 30.6 Å². The number of carbonyl (C=O) groups excluding carboxylic acids is 1. The van der Waals surface area contributed by atoms with Crippen LogP contribution in [0, 0.1) is 0 Å². The molecule has 7 heteroatoms. The second-order valence-corrected chi connectivity index (χ2v) is 7.77. The lowest BCUT2D eigenvalue weighted by Crippen LogP contribution is -2.35. The number of nitrogens with one attached hydrogen (secondary N) is 1. The first-order valence-electron chi connectivity index (χ1n) is 9.22. The molecule has 0 aliphatic heterocycles.